The molecular formula is C14H23NO5. The number of carbonyl (C=O) groups excluding carboxylic acids is 1. The van der Waals surface area contributed by atoms with E-state index in [0.29, 0.717) is 0 Å². The minimum absolute atomic E-state index is 0.306. The van der Waals surface area contributed by atoms with Crippen molar-refractivity contribution in [1.29, 1.82) is 0 Å². The van der Waals surface area contributed by atoms with Gasteiger partial charge in [-0.1, -0.05) is 41.5 Å². The molecule has 3 atom stereocenters. The molecule has 0 spiro atoms. The first kappa shape index (κ1) is 16.5. The largest absolute Gasteiger partial charge is 0.480 e. The number of likely N-dealkylation sites (tertiary alicyclic amines) is 1. The van der Waals surface area contributed by atoms with Crippen molar-refractivity contribution in [2.24, 2.45) is 16.7 Å². The Hall–Kier alpha value is -1.59. The van der Waals surface area contributed by atoms with Crippen molar-refractivity contribution in [3.05, 3.63) is 0 Å². The highest BCUT2D eigenvalue weighted by Crippen LogP contribution is 2.44. The monoisotopic (exact) mass is 285 g/mol. The van der Waals surface area contributed by atoms with Crippen molar-refractivity contribution in [3.63, 3.8) is 0 Å². The number of carbonyl (C=O) groups is 3. The summed E-state index contributed by atoms with van der Waals surface area (Å²) in [4.78, 5) is 36.5. The van der Waals surface area contributed by atoms with Crippen molar-refractivity contribution in [2.45, 2.75) is 53.6 Å². The maximum absolute atomic E-state index is 12.7. The molecule has 0 aliphatic carbocycles. The molecule has 3 unspecified atom stereocenters. The van der Waals surface area contributed by atoms with Gasteiger partial charge in [-0.05, 0) is 10.8 Å². The predicted molar refractivity (Wildman–Crippen MR) is 72.5 cm³/mol. The lowest BCUT2D eigenvalue weighted by Crippen LogP contribution is -2.51. The second-order valence-corrected chi connectivity index (χ2v) is 7.49. The number of carboxylic acids is 1. The minimum atomic E-state index is -1.36. The third-order valence-corrected chi connectivity index (χ3v) is 3.70. The number of hydrogen-bond acceptors (Lipinski definition) is 3. The first-order chi connectivity index (χ1) is 8.80. The predicted octanol–water partition coefficient (Wildman–Crippen LogP) is 2.08. The van der Waals surface area contributed by atoms with Gasteiger partial charge in [-0.2, -0.15) is 0 Å². The summed E-state index contributed by atoms with van der Waals surface area (Å²) in [6, 6.07) is -2.27. The van der Waals surface area contributed by atoms with Gasteiger partial charge in [0.1, 0.15) is 6.04 Å². The highest BCUT2D eigenvalue weighted by atomic mass is 16.4. The second kappa shape index (κ2) is 4.75. The average molecular weight is 285 g/mol. The molecule has 1 aliphatic heterocycles. The van der Waals surface area contributed by atoms with Crippen LogP contribution in [0.5, 0.6) is 0 Å². The van der Waals surface area contributed by atoms with E-state index in [9.17, 15) is 24.6 Å². The molecule has 1 heterocycles. The van der Waals surface area contributed by atoms with E-state index in [-0.39, 0.29) is 5.78 Å². The molecule has 1 amide bonds. The van der Waals surface area contributed by atoms with Gasteiger partial charge in [-0.3, -0.25) is 9.69 Å². The van der Waals surface area contributed by atoms with E-state index >= 15 is 0 Å². The summed E-state index contributed by atoms with van der Waals surface area (Å²) in [7, 11) is 0. The summed E-state index contributed by atoms with van der Waals surface area (Å²) in [5, 5.41) is 18.8. The van der Waals surface area contributed by atoms with Crippen LogP contribution in [0.3, 0.4) is 0 Å². The zero-order valence-corrected chi connectivity index (χ0v) is 12.8. The summed E-state index contributed by atoms with van der Waals surface area (Å²) < 4.78 is 0. The Bertz CT molecular complexity index is 403. The minimum Gasteiger partial charge on any atom is -0.480 e. The standard InChI is InChI=1S/C14H23NO5/c1-13(2,3)7-8(11(17)18)15(12(19)20)10(9(7)16)14(4,5)6/h7-8,10H,1-6H3,(H,17,18)(H,19,20). The van der Waals surface area contributed by atoms with Gasteiger partial charge in [0.2, 0.25) is 0 Å². The van der Waals surface area contributed by atoms with Crippen molar-refractivity contribution in [1.82, 2.24) is 4.90 Å². The first-order valence-electron chi connectivity index (χ1n) is 6.58. The van der Waals surface area contributed by atoms with Gasteiger partial charge in [0, 0.05) is 0 Å². The molecule has 2 N–H and O–H groups in total. The molecule has 0 aromatic heterocycles. The van der Waals surface area contributed by atoms with Crippen LogP contribution in [-0.4, -0.2) is 45.0 Å². The van der Waals surface area contributed by atoms with Crippen LogP contribution < -0.4 is 0 Å². The molecule has 1 saturated heterocycles. The Morgan fingerprint density at radius 2 is 1.45 bits per heavy atom. The third kappa shape index (κ3) is 2.64. The molecule has 0 aromatic rings. The molecule has 0 aromatic carbocycles. The number of hydrogen-bond donors (Lipinski definition) is 2. The Morgan fingerprint density at radius 3 is 1.70 bits per heavy atom. The highest BCUT2D eigenvalue weighted by molar-refractivity contribution is 6.00. The molecule has 1 rings (SSSR count). The highest BCUT2D eigenvalue weighted by Gasteiger charge is 2.60. The van der Waals surface area contributed by atoms with Gasteiger partial charge < -0.3 is 10.2 Å². The maximum Gasteiger partial charge on any atom is 0.408 e. The Morgan fingerprint density at radius 1 is 1.00 bits per heavy atom. The number of Topliss-reactive ketones (excluding diaryl/α,β-unsaturated/α-hetero) is 1. The number of aliphatic carboxylic acids is 1. The van der Waals surface area contributed by atoms with Crippen LogP contribution in [0.4, 0.5) is 4.79 Å². The second-order valence-electron chi connectivity index (χ2n) is 7.49. The van der Waals surface area contributed by atoms with Crippen molar-refractivity contribution in [3.8, 4) is 0 Å². The van der Waals surface area contributed by atoms with E-state index in [4.69, 9.17) is 0 Å². The molecular weight excluding hydrogens is 262 g/mol. The lowest BCUT2D eigenvalue weighted by atomic mass is 9.73. The van der Waals surface area contributed by atoms with Crippen LogP contribution >= 0.6 is 0 Å². The van der Waals surface area contributed by atoms with Crippen LogP contribution in [0, 0.1) is 16.7 Å². The Balaban J connectivity index is 3.47. The van der Waals surface area contributed by atoms with Gasteiger partial charge in [0.05, 0.1) is 12.0 Å². The van der Waals surface area contributed by atoms with Gasteiger partial charge >= 0.3 is 12.1 Å². The third-order valence-electron chi connectivity index (χ3n) is 3.70. The van der Waals surface area contributed by atoms with Crippen molar-refractivity contribution < 1.29 is 24.6 Å². The van der Waals surface area contributed by atoms with Gasteiger partial charge in [-0.15, -0.1) is 0 Å². The van der Waals surface area contributed by atoms with Crippen LogP contribution in [0.1, 0.15) is 41.5 Å². The lowest BCUT2D eigenvalue weighted by Gasteiger charge is -2.33. The van der Waals surface area contributed by atoms with Crippen LogP contribution in [0.15, 0.2) is 0 Å². The molecule has 1 fully saturated rings. The molecule has 0 saturated carbocycles. The van der Waals surface area contributed by atoms with Crippen molar-refractivity contribution in [2.75, 3.05) is 0 Å². The summed E-state index contributed by atoms with van der Waals surface area (Å²) in [5.74, 6) is -2.42. The molecule has 0 bridgehead atoms. The molecule has 0 radical (unpaired) electrons. The maximum atomic E-state index is 12.7. The molecule has 1 aliphatic rings. The van der Waals surface area contributed by atoms with E-state index < -0.39 is 40.9 Å². The smallest absolute Gasteiger partial charge is 0.408 e. The van der Waals surface area contributed by atoms with Crippen molar-refractivity contribution >= 4 is 17.8 Å². The average Bonchev–Trinajstić information content (AvgIpc) is 2.49. The fourth-order valence-electron chi connectivity index (χ4n) is 3.02. The van der Waals surface area contributed by atoms with E-state index in [1.165, 1.54) is 0 Å². The summed E-state index contributed by atoms with van der Waals surface area (Å²) in [6.45, 7) is 10.5. The van der Waals surface area contributed by atoms with Crippen LogP contribution in [0.25, 0.3) is 0 Å². The number of ketones is 1. The van der Waals surface area contributed by atoms with Gasteiger partial charge in [0.25, 0.3) is 0 Å². The quantitative estimate of drug-likeness (QED) is 0.769. The number of amides is 1. The number of rotatable bonds is 1. The van der Waals surface area contributed by atoms with E-state index in [1.807, 2.05) is 0 Å². The molecule has 6 heteroatoms. The molecule has 6 nitrogen and oxygen atoms in total. The topological polar surface area (TPSA) is 94.9 Å². The summed E-state index contributed by atoms with van der Waals surface area (Å²) in [6.07, 6.45) is -1.36. The zero-order chi connectivity index (χ0) is 16.0. The normalized spacial score (nSPS) is 27.8. The number of nitrogens with zero attached hydrogens (tertiary/aromatic N) is 1. The molecule has 114 valence electrons. The van der Waals surface area contributed by atoms with E-state index in [1.54, 1.807) is 41.5 Å². The number of carboxylic acid groups (broad SMARTS) is 2. The molecule has 20 heavy (non-hydrogen) atoms. The van der Waals surface area contributed by atoms with Gasteiger partial charge in [-0.25, -0.2) is 9.59 Å². The Kier molecular flexibility index (Phi) is 3.91. The fraction of sp³-hybridized carbons (Fsp3) is 0.786. The SMILES string of the molecule is CC(C)(C)C1C(=O)C(C(C)(C)C)N(C(=O)O)C1C(=O)O. The lowest BCUT2D eigenvalue weighted by molar-refractivity contribution is -0.145. The fourth-order valence-corrected chi connectivity index (χ4v) is 3.02. The van der Waals surface area contributed by atoms with Gasteiger partial charge in [0.15, 0.2) is 5.78 Å². The van der Waals surface area contributed by atoms with Crippen LogP contribution in [0.2, 0.25) is 0 Å². The zero-order valence-electron chi connectivity index (χ0n) is 12.8. The Labute approximate surface area is 118 Å². The first-order valence-corrected chi connectivity index (χ1v) is 6.58. The van der Waals surface area contributed by atoms with Crippen LogP contribution in [-0.2, 0) is 9.59 Å². The van der Waals surface area contributed by atoms with E-state index in [0.717, 1.165) is 4.90 Å². The summed E-state index contributed by atoms with van der Waals surface area (Å²) >= 11 is 0. The van der Waals surface area contributed by atoms with E-state index in [2.05, 4.69) is 0 Å². The summed E-state index contributed by atoms with van der Waals surface area (Å²) in [5.41, 5.74) is -1.27.